The molecule has 1 aliphatic carbocycles. The highest BCUT2D eigenvalue weighted by Gasteiger charge is 2.39. The number of anilines is 2. The summed E-state index contributed by atoms with van der Waals surface area (Å²) in [4.78, 5) is 0. The molecule has 1 spiro atoms. The number of hydrogen-bond acceptors (Lipinski definition) is 3. The van der Waals surface area contributed by atoms with Gasteiger partial charge in [0.1, 0.15) is 11.5 Å². The second-order valence-corrected chi connectivity index (χ2v) is 4.87. The minimum atomic E-state index is 0.360. The number of nitrogens with zero attached hydrogens (tertiary/aromatic N) is 2. The van der Waals surface area contributed by atoms with Crippen LogP contribution in [-0.2, 0) is 7.05 Å². The SMILES string of the molecule is Cc1nn(C)c2c1NCCC1(CCC1)N2. The lowest BCUT2D eigenvalue weighted by atomic mass is 9.74. The van der Waals surface area contributed by atoms with E-state index >= 15 is 0 Å². The van der Waals surface area contributed by atoms with Gasteiger partial charge in [0.25, 0.3) is 0 Å². The van der Waals surface area contributed by atoms with Crippen molar-refractivity contribution in [2.45, 2.75) is 38.1 Å². The molecule has 2 heterocycles. The fourth-order valence-corrected chi connectivity index (χ4v) is 2.73. The Morgan fingerprint density at radius 1 is 1.33 bits per heavy atom. The summed E-state index contributed by atoms with van der Waals surface area (Å²) in [5, 5.41) is 11.6. The van der Waals surface area contributed by atoms with Crippen molar-refractivity contribution in [3.8, 4) is 0 Å². The van der Waals surface area contributed by atoms with Crippen molar-refractivity contribution in [1.29, 1.82) is 0 Å². The number of nitrogens with one attached hydrogen (secondary N) is 2. The third kappa shape index (κ3) is 1.24. The van der Waals surface area contributed by atoms with Crippen LogP contribution in [0.15, 0.2) is 0 Å². The summed E-state index contributed by atoms with van der Waals surface area (Å²) in [5.74, 6) is 1.17. The molecule has 82 valence electrons. The fraction of sp³-hybridized carbons (Fsp3) is 0.727. The lowest BCUT2D eigenvalue weighted by Crippen LogP contribution is -2.45. The van der Waals surface area contributed by atoms with Crippen molar-refractivity contribution in [3.63, 3.8) is 0 Å². The largest absolute Gasteiger partial charge is 0.380 e. The minimum absolute atomic E-state index is 0.360. The molecule has 3 rings (SSSR count). The Morgan fingerprint density at radius 3 is 2.80 bits per heavy atom. The maximum Gasteiger partial charge on any atom is 0.148 e. The Morgan fingerprint density at radius 2 is 2.13 bits per heavy atom. The van der Waals surface area contributed by atoms with Crippen LogP contribution < -0.4 is 10.6 Å². The van der Waals surface area contributed by atoms with Crippen LogP contribution in [0.5, 0.6) is 0 Å². The second kappa shape index (κ2) is 2.90. The zero-order chi connectivity index (χ0) is 10.5. The molecule has 1 aromatic rings. The van der Waals surface area contributed by atoms with Crippen molar-refractivity contribution in [2.75, 3.05) is 17.2 Å². The summed E-state index contributed by atoms with van der Waals surface area (Å²) in [6, 6.07) is 0. The van der Waals surface area contributed by atoms with Gasteiger partial charge in [0.15, 0.2) is 0 Å². The lowest BCUT2D eigenvalue weighted by Gasteiger charge is -2.42. The number of rotatable bonds is 0. The van der Waals surface area contributed by atoms with Crippen molar-refractivity contribution in [1.82, 2.24) is 9.78 Å². The highest BCUT2D eigenvalue weighted by Crippen LogP contribution is 2.42. The normalized spacial score (nSPS) is 22.3. The van der Waals surface area contributed by atoms with Gasteiger partial charge in [-0.15, -0.1) is 0 Å². The molecule has 1 saturated carbocycles. The van der Waals surface area contributed by atoms with Crippen LogP contribution in [0.1, 0.15) is 31.4 Å². The standard InChI is InChI=1S/C11H18N4/c1-8-9-10(15(2)14-8)13-11(4-3-5-11)6-7-12-9/h12-13H,3-7H2,1-2H3. The van der Waals surface area contributed by atoms with Crippen LogP contribution in [0.2, 0.25) is 0 Å². The van der Waals surface area contributed by atoms with E-state index in [1.54, 1.807) is 0 Å². The van der Waals surface area contributed by atoms with Gasteiger partial charge in [0, 0.05) is 19.1 Å². The second-order valence-electron chi connectivity index (χ2n) is 4.87. The first-order chi connectivity index (χ1) is 7.20. The maximum atomic E-state index is 4.45. The quantitative estimate of drug-likeness (QED) is 0.681. The van der Waals surface area contributed by atoms with E-state index in [4.69, 9.17) is 0 Å². The average molecular weight is 206 g/mol. The first-order valence-corrected chi connectivity index (χ1v) is 5.76. The Hall–Kier alpha value is -1.19. The number of aromatic nitrogens is 2. The molecule has 0 radical (unpaired) electrons. The van der Waals surface area contributed by atoms with Crippen molar-refractivity contribution in [3.05, 3.63) is 5.69 Å². The molecule has 0 unspecified atom stereocenters. The van der Waals surface area contributed by atoms with Gasteiger partial charge in [0.2, 0.25) is 0 Å². The monoisotopic (exact) mass is 206 g/mol. The van der Waals surface area contributed by atoms with Crippen LogP contribution >= 0.6 is 0 Å². The third-order valence-electron chi connectivity index (χ3n) is 3.82. The van der Waals surface area contributed by atoms with E-state index in [1.807, 2.05) is 11.7 Å². The van der Waals surface area contributed by atoms with E-state index in [2.05, 4.69) is 22.7 Å². The van der Waals surface area contributed by atoms with Crippen molar-refractivity contribution in [2.24, 2.45) is 7.05 Å². The van der Waals surface area contributed by atoms with Gasteiger partial charge in [-0.1, -0.05) is 0 Å². The Bertz CT molecular complexity index is 390. The topological polar surface area (TPSA) is 41.9 Å². The smallest absolute Gasteiger partial charge is 0.148 e. The molecular weight excluding hydrogens is 188 g/mol. The molecule has 2 aliphatic rings. The molecule has 0 amide bonds. The van der Waals surface area contributed by atoms with Gasteiger partial charge in [0.05, 0.1) is 5.69 Å². The van der Waals surface area contributed by atoms with E-state index in [9.17, 15) is 0 Å². The molecular formula is C11H18N4. The predicted molar refractivity (Wildman–Crippen MR) is 61.3 cm³/mol. The zero-order valence-electron chi connectivity index (χ0n) is 9.43. The van der Waals surface area contributed by atoms with E-state index in [0.717, 1.165) is 12.2 Å². The van der Waals surface area contributed by atoms with Crippen LogP contribution in [0.4, 0.5) is 11.5 Å². The zero-order valence-corrected chi connectivity index (χ0v) is 9.43. The molecule has 1 fully saturated rings. The first kappa shape index (κ1) is 9.07. The van der Waals surface area contributed by atoms with Gasteiger partial charge in [-0.3, -0.25) is 4.68 Å². The Kier molecular flexibility index (Phi) is 1.75. The average Bonchev–Trinajstić information content (AvgIpc) is 2.39. The number of aryl methyl sites for hydroxylation is 2. The Labute approximate surface area is 90.0 Å². The summed E-state index contributed by atoms with van der Waals surface area (Å²) < 4.78 is 1.96. The van der Waals surface area contributed by atoms with E-state index in [0.29, 0.717) is 5.54 Å². The van der Waals surface area contributed by atoms with Crippen molar-refractivity contribution < 1.29 is 0 Å². The first-order valence-electron chi connectivity index (χ1n) is 5.76. The van der Waals surface area contributed by atoms with Gasteiger partial charge in [-0.05, 0) is 32.6 Å². The van der Waals surface area contributed by atoms with Crippen molar-refractivity contribution >= 4 is 11.5 Å². The summed E-state index contributed by atoms with van der Waals surface area (Å²) in [6.45, 7) is 3.12. The molecule has 4 nitrogen and oxygen atoms in total. The summed E-state index contributed by atoms with van der Waals surface area (Å²) in [6.07, 6.45) is 5.19. The molecule has 15 heavy (non-hydrogen) atoms. The molecule has 4 heteroatoms. The van der Waals surface area contributed by atoms with Crippen LogP contribution in [-0.4, -0.2) is 21.9 Å². The van der Waals surface area contributed by atoms with Crippen LogP contribution in [0.3, 0.4) is 0 Å². The molecule has 1 aliphatic heterocycles. The van der Waals surface area contributed by atoms with Crippen LogP contribution in [0.25, 0.3) is 0 Å². The van der Waals surface area contributed by atoms with E-state index < -0.39 is 0 Å². The summed E-state index contributed by atoms with van der Waals surface area (Å²) in [7, 11) is 2.01. The van der Waals surface area contributed by atoms with E-state index in [1.165, 1.54) is 37.2 Å². The molecule has 0 saturated heterocycles. The third-order valence-corrected chi connectivity index (χ3v) is 3.82. The van der Waals surface area contributed by atoms with E-state index in [-0.39, 0.29) is 0 Å². The predicted octanol–water partition coefficient (Wildman–Crippen LogP) is 1.88. The molecule has 0 atom stereocenters. The summed E-state index contributed by atoms with van der Waals surface area (Å²) >= 11 is 0. The maximum absolute atomic E-state index is 4.45. The molecule has 0 aromatic carbocycles. The summed E-state index contributed by atoms with van der Waals surface area (Å²) in [5.41, 5.74) is 2.65. The van der Waals surface area contributed by atoms with Gasteiger partial charge in [-0.2, -0.15) is 5.10 Å². The highest BCUT2D eigenvalue weighted by molar-refractivity contribution is 5.69. The van der Waals surface area contributed by atoms with Gasteiger partial charge in [-0.25, -0.2) is 0 Å². The van der Waals surface area contributed by atoms with Crippen LogP contribution in [0, 0.1) is 6.92 Å². The lowest BCUT2D eigenvalue weighted by molar-refractivity contribution is 0.266. The van der Waals surface area contributed by atoms with Gasteiger partial charge >= 0.3 is 0 Å². The number of fused-ring (bicyclic) bond motifs is 1. The van der Waals surface area contributed by atoms with Gasteiger partial charge < -0.3 is 10.6 Å². The fourth-order valence-electron chi connectivity index (χ4n) is 2.73. The highest BCUT2D eigenvalue weighted by atomic mass is 15.3. The number of hydrogen-bond donors (Lipinski definition) is 2. The molecule has 2 N–H and O–H groups in total. The molecule has 0 bridgehead atoms. The molecule has 1 aromatic heterocycles. The Balaban J connectivity index is 2.00. The minimum Gasteiger partial charge on any atom is -0.380 e.